The van der Waals surface area contributed by atoms with E-state index in [1.54, 1.807) is 22.6 Å². The molecule has 0 fully saturated rings. The Balaban J connectivity index is 1.54. The van der Waals surface area contributed by atoms with Crippen molar-refractivity contribution in [3.63, 3.8) is 0 Å². The molecule has 0 bridgehead atoms. The second-order valence-corrected chi connectivity index (χ2v) is 7.27. The van der Waals surface area contributed by atoms with Gasteiger partial charge in [-0.1, -0.05) is 29.8 Å². The van der Waals surface area contributed by atoms with Gasteiger partial charge in [0.2, 0.25) is 0 Å². The van der Waals surface area contributed by atoms with Gasteiger partial charge in [-0.2, -0.15) is 5.10 Å². The van der Waals surface area contributed by atoms with Crippen LogP contribution in [-0.2, 0) is 19.9 Å². The van der Waals surface area contributed by atoms with E-state index in [1.165, 1.54) is 5.56 Å². The molecule has 0 saturated carbocycles. The SMILES string of the molecule is Cc1ccc(-c2cc(C(=O)N3CCc4nc(C)n(C)c(=O)c4CC3)[nH]n2)cc1. The van der Waals surface area contributed by atoms with Crippen molar-refractivity contribution in [2.24, 2.45) is 7.05 Å². The number of rotatable bonds is 2. The lowest BCUT2D eigenvalue weighted by atomic mass is 10.1. The van der Waals surface area contributed by atoms with Crippen LogP contribution in [-0.4, -0.2) is 43.6 Å². The van der Waals surface area contributed by atoms with E-state index in [4.69, 9.17) is 0 Å². The Hall–Kier alpha value is -3.22. The molecule has 4 rings (SSSR count). The molecule has 1 N–H and O–H groups in total. The first kappa shape index (κ1) is 18.2. The summed E-state index contributed by atoms with van der Waals surface area (Å²) in [4.78, 5) is 31.8. The molecule has 0 unspecified atom stereocenters. The number of aryl methyl sites for hydroxylation is 2. The van der Waals surface area contributed by atoms with Crippen LogP contribution in [0.2, 0.25) is 0 Å². The molecule has 2 aromatic heterocycles. The zero-order chi connectivity index (χ0) is 19.8. The van der Waals surface area contributed by atoms with E-state index in [0.717, 1.165) is 17.0 Å². The maximum Gasteiger partial charge on any atom is 0.271 e. The molecule has 1 amide bonds. The molecule has 3 heterocycles. The van der Waals surface area contributed by atoms with Crippen LogP contribution < -0.4 is 5.56 Å². The third-order valence-electron chi connectivity index (χ3n) is 5.39. The number of carbonyl (C=O) groups excluding carboxylic acids is 1. The number of H-pyrrole nitrogens is 1. The quantitative estimate of drug-likeness (QED) is 0.741. The standard InChI is InChI=1S/C21H23N5O2/c1-13-4-6-15(7-5-13)18-12-19(24-23-18)21(28)26-10-8-16-17(9-11-26)22-14(2)25(3)20(16)27/h4-7,12H,8-11H2,1-3H3,(H,23,24). The van der Waals surface area contributed by atoms with E-state index in [-0.39, 0.29) is 11.5 Å². The van der Waals surface area contributed by atoms with Crippen molar-refractivity contribution in [3.8, 4) is 11.3 Å². The largest absolute Gasteiger partial charge is 0.337 e. The van der Waals surface area contributed by atoms with E-state index >= 15 is 0 Å². The van der Waals surface area contributed by atoms with Gasteiger partial charge in [-0.3, -0.25) is 19.3 Å². The Morgan fingerprint density at radius 2 is 1.82 bits per heavy atom. The summed E-state index contributed by atoms with van der Waals surface area (Å²) in [6.45, 7) is 4.88. The average molecular weight is 377 g/mol. The van der Waals surface area contributed by atoms with Crippen LogP contribution in [0.5, 0.6) is 0 Å². The van der Waals surface area contributed by atoms with Gasteiger partial charge in [0.1, 0.15) is 11.5 Å². The maximum atomic E-state index is 13.0. The van der Waals surface area contributed by atoms with Crippen molar-refractivity contribution in [2.45, 2.75) is 26.7 Å². The van der Waals surface area contributed by atoms with Crippen LogP contribution in [0.4, 0.5) is 0 Å². The van der Waals surface area contributed by atoms with E-state index in [9.17, 15) is 9.59 Å². The van der Waals surface area contributed by atoms with Crippen molar-refractivity contribution in [1.29, 1.82) is 0 Å². The summed E-state index contributed by atoms with van der Waals surface area (Å²) >= 11 is 0. The Labute approximate surface area is 163 Å². The third-order valence-corrected chi connectivity index (χ3v) is 5.39. The zero-order valence-corrected chi connectivity index (χ0v) is 16.3. The molecule has 1 aliphatic heterocycles. The Bertz CT molecular complexity index is 1090. The number of benzene rings is 1. The first-order chi connectivity index (χ1) is 13.4. The number of hydrogen-bond donors (Lipinski definition) is 1. The summed E-state index contributed by atoms with van der Waals surface area (Å²) in [5.74, 6) is 0.590. The normalized spacial score (nSPS) is 13.9. The van der Waals surface area contributed by atoms with Crippen LogP contribution in [0.3, 0.4) is 0 Å². The van der Waals surface area contributed by atoms with Gasteiger partial charge in [0.05, 0.1) is 11.4 Å². The number of fused-ring (bicyclic) bond motifs is 1. The van der Waals surface area contributed by atoms with Gasteiger partial charge in [-0.25, -0.2) is 4.98 Å². The van der Waals surface area contributed by atoms with Gasteiger partial charge >= 0.3 is 0 Å². The van der Waals surface area contributed by atoms with Crippen molar-refractivity contribution in [3.05, 3.63) is 69.0 Å². The second-order valence-electron chi connectivity index (χ2n) is 7.27. The smallest absolute Gasteiger partial charge is 0.271 e. The monoisotopic (exact) mass is 377 g/mol. The number of carbonyl (C=O) groups is 1. The first-order valence-corrected chi connectivity index (χ1v) is 9.41. The summed E-state index contributed by atoms with van der Waals surface area (Å²) in [5.41, 5.74) is 4.85. The number of nitrogens with one attached hydrogen (secondary N) is 1. The highest BCUT2D eigenvalue weighted by atomic mass is 16.2. The molecule has 144 valence electrons. The van der Waals surface area contributed by atoms with Crippen LogP contribution >= 0.6 is 0 Å². The fraction of sp³-hybridized carbons (Fsp3) is 0.333. The summed E-state index contributed by atoms with van der Waals surface area (Å²) in [5, 5.41) is 7.16. The molecule has 0 radical (unpaired) electrons. The molecule has 1 aromatic carbocycles. The molecule has 0 atom stereocenters. The van der Waals surface area contributed by atoms with Crippen LogP contribution in [0.25, 0.3) is 11.3 Å². The minimum Gasteiger partial charge on any atom is -0.337 e. The molecule has 0 aliphatic carbocycles. The topological polar surface area (TPSA) is 83.9 Å². The third kappa shape index (κ3) is 3.24. The van der Waals surface area contributed by atoms with Gasteiger partial charge in [0.25, 0.3) is 11.5 Å². The zero-order valence-electron chi connectivity index (χ0n) is 16.3. The highest BCUT2D eigenvalue weighted by molar-refractivity contribution is 5.93. The van der Waals surface area contributed by atoms with Gasteiger partial charge in [0, 0.05) is 37.7 Å². The summed E-state index contributed by atoms with van der Waals surface area (Å²) < 4.78 is 1.57. The van der Waals surface area contributed by atoms with Gasteiger partial charge in [-0.05, 0) is 26.3 Å². The lowest BCUT2D eigenvalue weighted by Gasteiger charge is -2.18. The second kappa shape index (κ2) is 7.07. The fourth-order valence-corrected chi connectivity index (χ4v) is 3.54. The van der Waals surface area contributed by atoms with E-state index in [1.807, 2.05) is 38.1 Å². The van der Waals surface area contributed by atoms with Crippen molar-refractivity contribution >= 4 is 5.91 Å². The summed E-state index contributed by atoms with van der Waals surface area (Å²) in [6, 6.07) is 9.81. The highest BCUT2D eigenvalue weighted by Crippen LogP contribution is 2.20. The van der Waals surface area contributed by atoms with E-state index < -0.39 is 0 Å². The Kier molecular flexibility index (Phi) is 4.58. The van der Waals surface area contributed by atoms with Crippen LogP contribution in [0.15, 0.2) is 35.1 Å². The maximum absolute atomic E-state index is 13.0. The number of nitrogens with zero attached hydrogens (tertiary/aromatic N) is 4. The van der Waals surface area contributed by atoms with E-state index in [0.29, 0.717) is 43.0 Å². The molecular formula is C21H23N5O2. The molecule has 1 aliphatic rings. The Morgan fingerprint density at radius 3 is 2.57 bits per heavy atom. The first-order valence-electron chi connectivity index (χ1n) is 9.41. The average Bonchev–Trinajstić information content (AvgIpc) is 3.08. The fourth-order valence-electron chi connectivity index (χ4n) is 3.54. The lowest BCUT2D eigenvalue weighted by Crippen LogP contribution is -2.33. The molecule has 7 heteroatoms. The van der Waals surface area contributed by atoms with Crippen molar-refractivity contribution in [1.82, 2.24) is 24.6 Å². The number of aromatic nitrogens is 4. The molecule has 28 heavy (non-hydrogen) atoms. The molecule has 0 spiro atoms. The molecule has 0 saturated heterocycles. The molecule has 7 nitrogen and oxygen atoms in total. The minimum absolute atomic E-state index is 0.0139. The molecule has 3 aromatic rings. The van der Waals surface area contributed by atoms with Gasteiger partial charge < -0.3 is 4.90 Å². The predicted octanol–water partition coefficient (Wildman–Crippen LogP) is 2.03. The van der Waals surface area contributed by atoms with Crippen molar-refractivity contribution < 1.29 is 4.79 Å². The summed E-state index contributed by atoms with van der Waals surface area (Å²) in [6.07, 6.45) is 1.09. The minimum atomic E-state index is -0.104. The molecular weight excluding hydrogens is 354 g/mol. The number of amides is 1. The highest BCUT2D eigenvalue weighted by Gasteiger charge is 2.24. The number of hydrogen-bond acceptors (Lipinski definition) is 4. The van der Waals surface area contributed by atoms with E-state index in [2.05, 4.69) is 15.2 Å². The van der Waals surface area contributed by atoms with Crippen LogP contribution in [0, 0.1) is 13.8 Å². The lowest BCUT2D eigenvalue weighted by molar-refractivity contribution is 0.0757. The summed E-state index contributed by atoms with van der Waals surface area (Å²) in [7, 11) is 1.73. The van der Waals surface area contributed by atoms with Gasteiger partial charge in [-0.15, -0.1) is 0 Å². The number of aromatic amines is 1. The van der Waals surface area contributed by atoms with Crippen molar-refractivity contribution in [2.75, 3.05) is 13.1 Å². The van der Waals surface area contributed by atoms with Crippen LogP contribution in [0.1, 0.15) is 33.1 Å². The Morgan fingerprint density at radius 1 is 1.11 bits per heavy atom. The van der Waals surface area contributed by atoms with Gasteiger partial charge in [0.15, 0.2) is 0 Å². The predicted molar refractivity (Wildman–Crippen MR) is 106 cm³/mol.